The van der Waals surface area contributed by atoms with E-state index >= 15 is 0 Å². The monoisotopic (exact) mass is 141 g/mol. The number of nitrogens with two attached hydrogens (primary N) is 1. The van der Waals surface area contributed by atoms with E-state index in [2.05, 4.69) is 5.10 Å². The van der Waals surface area contributed by atoms with Gasteiger partial charge in [-0.25, -0.2) is 0 Å². The van der Waals surface area contributed by atoms with Gasteiger partial charge in [0.2, 0.25) is 5.49 Å². The first-order valence-corrected chi connectivity index (χ1v) is 2.59. The molecule has 5 nitrogen and oxygen atoms in total. The van der Waals surface area contributed by atoms with E-state index < -0.39 is 0 Å². The molecular formula is C5H7N3O2. The maximum absolute atomic E-state index is 8.94. The Labute approximate surface area is 56.6 Å². The van der Waals surface area contributed by atoms with Gasteiger partial charge in [-0.05, 0) is 12.1 Å². The third-order valence-electron chi connectivity index (χ3n) is 1.05. The van der Waals surface area contributed by atoms with Gasteiger partial charge >= 0.3 is 0 Å². The zero-order valence-electron chi connectivity index (χ0n) is 5.10. The molecule has 1 aromatic heterocycles. The minimum absolute atomic E-state index is 0.0671. The van der Waals surface area contributed by atoms with Crippen LogP contribution in [0, 0.1) is 0 Å². The smallest absolute Gasteiger partial charge is 0.228 e. The van der Waals surface area contributed by atoms with Gasteiger partial charge in [-0.1, -0.05) is 0 Å². The maximum atomic E-state index is 8.94. The fraction of sp³-hybridized carbons (Fsp3) is 0. The molecule has 5 heteroatoms. The first-order chi connectivity index (χ1) is 4.75. The molecule has 0 aliphatic heterocycles. The van der Waals surface area contributed by atoms with Crippen molar-refractivity contribution >= 4 is 0 Å². The molecule has 0 radical (unpaired) electrons. The van der Waals surface area contributed by atoms with Crippen LogP contribution in [-0.4, -0.2) is 15.0 Å². The van der Waals surface area contributed by atoms with Crippen molar-refractivity contribution in [1.29, 1.82) is 0 Å². The van der Waals surface area contributed by atoms with E-state index in [4.69, 9.17) is 16.2 Å². The van der Waals surface area contributed by atoms with E-state index in [-0.39, 0.29) is 11.2 Å². The number of aromatic nitrogens is 1. The molecule has 0 unspecified atom stereocenters. The van der Waals surface area contributed by atoms with Gasteiger partial charge in [0.15, 0.2) is 5.75 Å². The molecule has 0 amide bonds. The van der Waals surface area contributed by atoms with Crippen LogP contribution in [0.1, 0.15) is 0 Å². The van der Waals surface area contributed by atoms with Gasteiger partial charge in [0, 0.05) is 6.20 Å². The normalized spacial score (nSPS) is 11.8. The van der Waals surface area contributed by atoms with Gasteiger partial charge in [0.05, 0.1) is 0 Å². The summed E-state index contributed by atoms with van der Waals surface area (Å²) in [6, 6.07) is 2.84. The number of pyridine rings is 1. The van der Waals surface area contributed by atoms with Crippen molar-refractivity contribution in [3.8, 4) is 5.75 Å². The van der Waals surface area contributed by atoms with Crippen LogP contribution in [-0.2, 0) is 0 Å². The van der Waals surface area contributed by atoms with Gasteiger partial charge in [-0.3, -0.25) is 0 Å². The summed E-state index contributed by atoms with van der Waals surface area (Å²) < 4.78 is 0.634. The van der Waals surface area contributed by atoms with Crippen molar-refractivity contribution in [3.05, 3.63) is 23.8 Å². The van der Waals surface area contributed by atoms with Gasteiger partial charge in [-0.15, -0.1) is 0 Å². The average molecular weight is 141 g/mol. The lowest BCUT2D eigenvalue weighted by Gasteiger charge is -1.96. The molecule has 0 atom stereocenters. The third kappa shape index (κ3) is 0.883. The highest BCUT2D eigenvalue weighted by Gasteiger charge is 1.93. The van der Waals surface area contributed by atoms with Crippen LogP contribution in [0.3, 0.4) is 0 Å². The second kappa shape index (κ2) is 2.30. The van der Waals surface area contributed by atoms with Gasteiger partial charge in [-0.2, -0.15) is 9.83 Å². The Kier molecular flexibility index (Phi) is 1.49. The molecule has 0 fully saturated rings. The van der Waals surface area contributed by atoms with Crippen molar-refractivity contribution in [2.75, 3.05) is 0 Å². The van der Waals surface area contributed by atoms with Gasteiger partial charge in [0.1, 0.15) is 0 Å². The number of aromatic hydroxyl groups is 1. The third-order valence-corrected chi connectivity index (χ3v) is 1.05. The molecule has 0 aliphatic carbocycles. The highest BCUT2D eigenvalue weighted by Crippen LogP contribution is 1.95. The lowest BCUT2D eigenvalue weighted by Crippen LogP contribution is -2.19. The van der Waals surface area contributed by atoms with Gasteiger partial charge < -0.3 is 16.2 Å². The Balaban J connectivity index is 3.47. The van der Waals surface area contributed by atoms with E-state index in [0.29, 0.717) is 4.73 Å². The standard InChI is InChI=1S/C5H7N3O2/c6-7-5-4(9)2-1-3-8(5)10/h1-3,9-10H,6H2/b7-5+. The maximum Gasteiger partial charge on any atom is 0.228 e. The Bertz CT molecular complexity index is 268. The van der Waals surface area contributed by atoms with Crippen molar-refractivity contribution in [2.24, 2.45) is 10.9 Å². The van der Waals surface area contributed by atoms with E-state index in [1.54, 1.807) is 0 Å². The van der Waals surface area contributed by atoms with E-state index in [1.165, 1.54) is 18.3 Å². The van der Waals surface area contributed by atoms with Crippen LogP contribution in [0.2, 0.25) is 0 Å². The Morgan fingerprint density at radius 2 is 2.30 bits per heavy atom. The summed E-state index contributed by atoms with van der Waals surface area (Å²) in [5.74, 6) is 4.68. The zero-order chi connectivity index (χ0) is 7.56. The fourth-order valence-corrected chi connectivity index (χ4v) is 0.603. The van der Waals surface area contributed by atoms with Crippen molar-refractivity contribution in [1.82, 2.24) is 4.73 Å². The van der Waals surface area contributed by atoms with E-state index in [9.17, 15) is 0 Å². The molecule has 0 saturated heterocycles. The predicted octanol–water partition coefficient (Wildman–Crippen LogP) is -0.795. The van der Waals surface area contributed by atoms with E-state index in [0.717, 1.165) is 0 Å². The van der Waals surface area contributed by atoms with Gasteiger partial charge in [0.25, 0.3) is 0 Å². The predicted molar refractivity (Wildman–Crippen MR) is 33.0 cm³/mol. The zero-order valence-corrected chi connectivity index (χ0v) is 5.10. The van der Waals surface area contributed by atoms with Crippen LogP contribution in [0.4, 0.5) is 0 Å². The summed E-state index contributed by atoms with van der Waals surface area (Å²) in [5, 5.41) is 20.9. The first-order valence-electron chi connectivity index (χ1n) is 2.59. The minimum atomic E-state index is -0.160. The second-order valence-corrected chi connectivity index (χ2v) is 1.69. The summed E-state index contributed by atoms with van der Waals surface area (Å²) in [6.45, 7) is 0. The number of hydrogen-bond acceptors (Lipinski definition) is 4. The number of hydrogen-bond donors (Lipinski definition) is 3. The number of rotatable bonds is 0. The van der Waals surface area contributed by atoms with Crippen molar-refractivity contribution in [3.63, 3.8) is 0 Å². The highest BCUT2D eigenvalue weighted by atomic mass is 16.5. The molecule has 10 heavy (non-hydrogen) atoms. The fourth-order valence-electron chi connectivity index (χ4n) is 0.603. The summed E-state index contributed by atoms with van der Waals surface area (Å²) in [5.41, 5.74) is -0.0671. The molecule has 54 valence electrons. The molecule has 0 saturated carbocycles. The Morgan fingerprint density at radius 1 is 1.60 bits per heavy atom. The molecule has 4 N–H and O–H groups in total. The summed E-state index contributed by atoms with van der Waals surface area (Å²) >= 11 is 0. The molecule has 0 bridgehead atoms. The molecule has 1 aromatic rings. The largest absolute Gasteiger partial charge is 0.504 e. The lowest BCUT2D eigenvalue weighted by molar-refractivity contribution is 0.167. The summed E-state index contributed by atoms with van der Waals surface area (Å²) in [7, 11) is 0. The molecular weight excluding hydrogens is 134 g/mol. The van der Waals surface area contributed by atoms with Crippen LogP contribution in [0.25, 0.3) is 0 Å². The highest BCUT2D eigenvalue weighted by molar-refractivity contribution is 5.13. The summed E-state index contributed by atoms with van der Waals surface area (Å²) in [4.78, 5) is 0. The number of nitrogens with zero attached hydrogens (tertiary/aromatic N) is 2. The second-order valence-electron chi connectivity index (χ2n) is 1.69. The lowest BCUT2D eigenvalue weighted by atomic mass is 10.4. The molecule has 1 heterocycles. The summed E-state index contributed by atoms with van der Waals surface area (Å²) in [6.07, 6.45) is 1.31. The molecule has 0 spiro atoms. The molecule has 0 aliphatic rings. The quantitative estimate of drug-likeness (QED) is 0.251. The van der Waals surface area contributed by atoms with Crippen molar-refractivity contribution in [2.45, 2.75) is 0 Å². The van der Waals surface area contributed by atoms with Crippen LogP contribution in [0.5, 0.6) is 5.75 Å². The average Bonchev–Trinajstić information content (AvgIpc) is 1.88. The van der Waals surface area contributed by atoms with Crippen molar-refractivity contribution < 1.29 is 10.3 Å². The topological polar surface area (TPSA) is 83.8 Å². The SMILES string of the molecule is N/N=c1\c(O)cccn1O. The first kappa shape index (κ1) is 6.47. The van der Waals surface area contributed by atoms with Crippen LogP contribution in [0.15, 0.2) is 23.4 Å². The Morgan fingerprint density at radius 3 is 2.70 bits per heavy atom. The molecule has 0 aromatic carbocycles. The van der Waals surface area contributed by atoms with E-state index in [1.807, 2.05) is 0 Å². The minimum Gasteiger partial charge on any atom is -0.504 e. The Hall–Kier alpha value is -1.65. The molecule has 1 rings (SSSR count). The van der Waals surface area contributed by atoms with Crippen LogP contribution < -0.4 is 11.3 Å². The van der Waals surface area contributed by atoms with Crippen LogP contribution >= 0.6 is 0 Å².